The monoisotopic (exact) mass is 243 g/mol. The Balaban J connectivity index is 2.31. The lowest BCUT2D eigenvalue weighted by atomic mass is 10.2. The van der Waals surface area contributed by atoms with Crippen LogP contribution in [0.25, 0.3) is 0 Å². The van der Waals surface area contributed by atoms with E-state index < -0.39 is 5.97 Å². The molecule has 0 aromatic rings. The average Bonchev–Trinajstić information content (AvgIpc) is 2.35. The number of amides is 2. The third-order valence-electron chi connectivity index (χ3n) is 3.21. The first-order chi connectivity index (χ1) is 8.04. The minimum atomic E-state index is -1.02. The maximum Gasteiger partial charge on any atom is 0.323 e. The standard InChI is InChI=1S/C11H21N3O3/c1-3-9(2)13-4-6-14(7-5-13)11(17)12-8-10(15)16/h9H,3-8H2,1-2H3,(H,12,17)(H,15,16). The molecule has 0 spiro atoms. The average molecular weight is 243 g/mol. The van der Waals surface area contributed by atoms with E-state index in [4.69, 9.17) is 5.11 Å². The number of carboxylic acids is 1. The van der Waals surface area contributed by atoms with Gasteiger partial charge in [0.1, 0.15) is 6.54 Å². The molecule has 0 bridgehead atoms. The van der Waals surface area contributed by atoms with Crippen LogP contribution >= 0.6 is 0 Å². The Morgan fingerprint density at radius 1 is 1.29 bits per heavy atom. The van der Waals surface area contributed by atoms with Crippen molar-refractivity contribution in [2.75, 3.05) is 32.7 Å². The molecule has 0 aromatic carbocycles. The normalized spacial score (nSPS) is 18.8. The second kappa shape index (κ2) is 6.44. The lowest BCUT2D eigenvalue weighted by Crippen LogP contribution is -2.54. The van der Waals surface area contributed by atoms with Crippen LogP contribution in [0.3, 0.4) is 0 Å². The molecule has 1 heterocycles. The van der Waals surface area contributed by atoms with E-state index >= 15 is 0 Å². The first-order valence-electron chi connectivity index (χ1n) is 6.03. The largest absolute Gasteiger partial charge is 0.480 e. The topological polar surface area (TPSA) is 72.9 Å². The van der Waals surface area contributed by atoms with Crippen LogP contribution in [0.2, 0.25) is 0 Å². The van der Waals surface area contributed by atoms with Crippen LogP contribution in [0.1, 0.15) is 20.3 Å². The Labute approximate surface area is 102 Å². The van der Waals surface area contributed by atoms with Gasteiger partial charge in [0.25, 0.3) is 0 Å². The number of nitrogens with zero attached hydrogens (tertiary/aromatic N) is 2. The number of nitrogens with one attached hydrogen (secondary N) is 1. The van der Waals surface area contributed by atoms with Gasteiger partial charge in [0.2, 0.25) is 0 Å². The van der Waals surface area contributed by atoms with Gasteiger partial charge in [-0.15, -0.1) is 0 Å². The molecule has 0 radical (unpaired) electrons. The van der Waals surface area contributed by atoms with Crippen molar-refractivity contribution in [3.05, 3.63) is 0 Å². The van der Waals surface area contributed by atoms with E-state index in [0.29, 0.717) is 19.1 Å². The van der Waals surface area contributed by atoms with E-state index in [-0.39, 0.29) is 12.6 Å². The first-order valence-corrected chi connectivity index (χ1v) is 6.03. The van der Waals surface area contributed by atoms with Crippen molar-refractivity contribution in [1.29, 1.82) is 0 Å². The molecule has 1 aliphatic rings. The highest BCUT2D eigenvalue weighted by Gasteiger charge is 2.23. The summed E-state index contributed by atoms with van der Waals surface area (Å²) in [6, 6.07) is 0.260. The maximum atomic E-state index is 11.6. The number of hydrogen-bond donors (Lipinski definition) is 2. The highest BCUT2D eigenvalue weighted by atomic mass is 16.4. The van der Waals surface area contributed by atoms with Gasteiger partial charge in [0.05, 0.1) is 0 Å². The van der Waals surface area contributed by atoms with Gasteiger partial charge in [-0.05, 0) is 13.3 Å². The summed E-state index contributed by atoms with van der Waals surface area (Å²) in [7, 11) is 0. The van der Waals surface area contributed by atoms with Gasteiger partial charge in [0, 0.05) is 32.2 Å². The number of urea groups is 1. The second-order valence-corrected chi connectivity index (χ2v) is 4.33. The smallest absolute Gasteiger partial charge is 0.323 e. The van der Waals surface area contributed by atoms with Gasteiger partial charge in [0.15, 0.2) is 0 Å². The van der Waals surface area contributed by atoms with Crippen molar-refractivity contribution < 1.29 is 14.7 Å². The Kier molecular flexibility index (Phi) is 5.21. The summed E-state index contributed by atoms with van der Waals surface area (Å²) >= 11 is 0. The number of piperazine rings is 1. The van der Waals surface area contributed by atoms with Crippen LogP contribution in [-0.4, -0.2) is 65.7 Å². The molecule has 0 aromatic heterocycles. The van der Waals surface area contributed by atoms with Crippen molar-refractivity contribution in [2.24, 2.45) is 0 Å². The van der Waals surface area contributed by atoms with Crippen molar-refractivity contribution in [2.45, 2.75) is 26.3 Å². The molecule has 1 aliphatic heterocycles. The molecule has 1 saturated heterocycles. The molecule has 1 atom stereocenters. The Hall–Kier alpha value is -1.30. The van der Waals surface area contributed by atoms with Gasteiger partial charge in [-0.3, -0.25) is 9.69 Å². The van der Waals surface area contributed by atoms with Crippen LogP contribution in [0.15, 0.2) is 0 Å². The molecular weight excluding hydrogens is 222 g/mol. The molecular formula is C11H21N3O3. The SMILES string of the molecule is CCC(C)N1CCN(C(=O)NCC(=O)O)CC1. The summed E-state index contributed by atoms with van der Waals surface area (Å²) in [4.78, 5) is 25.9. The number of carbonyl (C=O) groups excluding carboxylic acids is 1. The third-order valence-corrected chi connectivity index (χ3v) is 3.21. The van der Waals surface area contributed by atoms with Crippen LogP contribution in [-0.2, 0) is 4.79 Å². The molecule has 1 rings (SSSR count). The predicted octanol–water partition coefficient (Wildman–Crippen LogP) is 0.197. The molecule has 0 aliphatic carbocycles. The van der Waals surface area contributed by atoms with Crippen molar-refractivity contribution in [3.8, 4) is 0 Å². The quantitative estimate of drug-likeness (QED) is 0.739. The lowest BCUT2D eigenvalue weighted by molar-refractivity contribution is -0.135. The van der Waals surface area contributed by atoms with Crippen LogP contribution in [0, 0.1) is 0 Å². The van der Waals surface area contributed by atoms with Gasteiger partial charge in [-0.2, -0.15) is 0 Å². The summed E-state index contributed by atoms with van der Waals surface area (Å²) in [6.45, 7) is 7.05. The zero-order valence-corrected chi connectivity index (χ0v) is 10.5. The second-order valence-electron chi connectivity index (χ2n) is 4.33. The highest BCUT2D eigenvalue weighted by Crippen LogP contribution is 2.08. The number of aliphatic carboxylic acids is 1. The molecule has 6 heteroatoms. The minimum absolute atomic E-state index is 0.281. The van der Waals surface area contributed by atoms with Gasteiger partial charge in [-0.25, -0.2) is 4.79 Å². The summed E-state index contributed by atoms with van der Waals surface area (Å²) < 4.78 is 0. The fourth-order valence-corrected chi connectivity index (χ4v) is 1.89. The van der Waals surface area contributed by atoms with Crippen molar-refractivity contribution >= 4 is 12.0 Å². The van der Waals surface area contributed by atoms with E-state index in [9.17, 15) is 9.59 Å². The number of carboxylic acid groups (broad SMARTS) is 1. The van der Waals surface area contributed by atoms with E-state index in [1.807, 2.05) is 0 Å². The Bertz CT molecular complexity index is 275. The number of hydrogen-bond acceptors (Lipinski definition) is 3. The number of rotatable bonds is 4. The summed E-state index contributed by atoms with van der Waals surface area (Å²) in [5.41, 5.74) is 0. The first kappa shape index (κ1) is 13.8. The fourth-order valence-electron chi connectivity index (χ4n) is 1.89. The predicted molar refractivity (Wildman–Crippen MR) is 63.9 cm³/mol. The molecule has 1 unspecified atom stereocenters. The van der Waals surface area contributed by atoms with Gasteiger partial charge >= 0.3 is 12.0 Å². The number of carbonyl (C=O) groups is 2. The molecule has 1 fully saturated rings. The molecule has 2 N–H and O–H groups in total. The van der Waals surface area contributed by atoms with Crippen molar-refractivity contribution in [3.63, 3.8) is 0 Å². The van der Waals surface area contributed by atoms with Crippen LogP contribution < -0.4 is 5.32 Å². The minimum Gasteiger partial charge on any atom is -0.480 e. The molecule has 98 valence electrons. The van der Waals surface area contributed by atoms with Crippen molar-refractivity contribution in [1.82, 2.24) is 15.1 Å². The summed E-state index contributed by atoms with van der Waals surface area (Å²) in [5.74, 6) is -1.02. The van der Waals surface area contributed by atoms with E-state index in [1.54, 1.807) is 4.90 Å². The van der Waals surface area contributed by atoms with E-state index in [2.05, 4.69) is 24.1 Å². The molecule has 2 amide bonds. The Morgan fingerprint density at radius 2 is 1.88 bits per heavy atom. The molecule has 6 nitrogen and oxygen atoms in total. The van der Waals surface area contributed by atoms with E-state index in [1.165, 1.54) is 0 Å². The zero-order valence-electron chi connectivity index (χ0n) is 10.5. The lowest BCUT2D eigenvalue weighted by Gasteiger charge is -2.37. The van der Waals surface area contributed by atoms with Crippen LogP contribution in [0.4, 0.5) is 4.79 Å². The maximum absolute atomic E-state index is 11.6. The van der Waals surface area contributed by atoms with E-state index in [0.717, 1.165) is 19.5 Å². The molecule has 17 heavy (non-hydrogen) atoms. The Morgan fingerprint density at radius 3 is 2.35 bits per heavy atom. The highest BCUT2D eigenvalue weighted by molar-refractivity contribution is 5.80. The van der Waals surface area contributed by atoms with Crippen LogP contribution in [0.5, 0.6) is 0 Å². The third kappa shape index (κ3) is 4.22. The van der Waals surface area contributed by atoms with Gasteiger partial charge in [-0.1, -0.05) is 6.92 Å². The zero-order chi connectivity index (χ0) is 12.8. The fraction of sp³-hybridized carbons (Fsp3) is 0.818. The van der Waals surface area contributed by atoms with Gasteiger partial charge < -0.3 is 15.3 Å². The molecule has 0 saturated carbocycles. The summed E-state index contributed by atoms with van der Waals surface area (Å²) in [6.07, 6.45) is 1.10. The summed E-state index contributed by atoms with van der Waals surface area (Å²) in [5, 5.41) is 10.8.